The van der Waals surface area contributed by atoms with E-state index in [-0.39, 0.29) is 18.0 Å². The second-order valence-electron chi connectivity index (χ2n) is 3.97. The van der Waals surface area contributed by atoms with Gasteiger partial charge in [-0.1, -0.05) is 18.2 Å². The van der Waals surface area contributed by atoms with Gasteiger partial charge < -0.3 is 5.32 Å². The van der Waals surface area contributed by atoms with Gasteiger partial charge in [0.15, 0.2) is 0 Å². The van der Waals surface area contributed by atoms with Crippen molar-refractivity contribution in [1.82, 2.24) is 4.98 Å². The highest BCUT2D eigenvalue weighted by atomic mass is 127. The molecule has 7 heteroatoms. The Morgan fingerprint density at radius 2 is 2.05 bits per heavy atom. The lowest BCUT2D eigenvalue weighted by Gasteiger charge is -2.05. The van der Waals surface area contributed by atoms with Crippen LogP contribution < -0.4 is 5.32 Å². The first-order valence-corrected chi connectivity index (χ1v) is 6.78. The smallest absolute Gasteiger partial charge is 0.273 e. The van der Waals surface area contributed by atoms with E-state index in [2.05, 4.69) is 32.9 Å². The van der Waals surface area contributed by atoms with E-state index >= 15 is 0 Å². The summed E-state index contributed by atoms with van der Waals surface area (Å²) in [4.78, 5) is 26.3. The fourth-order valence-corrected chi connectivity index (χ4v) is 1.97. The van der Waals surface area contributed by atoms with Gasteiger partial charge in [0.1, 0.15) is 5.82 Å². The maximum atomic E-state index is 11.9. The van der Waals surface area contributed by atoms with E-state index in [4.69, 9.17) is 0 Å². The van der Waals surface area contributed by atoms with E-state index in [1.165, 1.54) is 6.07 Å². The fourth-order valence-electron chi connectivity index (χ4n) is 1.65. The van der Waals surface area contributed by atoms with Crippen LogP contribution in [-0.4, -0.2) is 15.8 Å². The van der Waals surface area contributed by atoms with Crippen LogP contribution in [0.3, 0.4) is 0 Å². The fraction of sp³-hybridized carbons (Fsp3) is 0.0769. The summed E-state index contributed by atoms with van der Waals surface area (Å²) in [5.74, 6) is 0.0852. The number of halogens is 1. The summed E-state index contributed by atoms with van der Waals surface area (Å²) in [6, 6.07) is 9.68. The van der Waals surface area contributed by atoms with E-state index in [0.717, 1.165) is 3.57 Å². The predicted octanol–water partition coefficient (Wildman–Crippen LogP) is 2.78. The molecular weight excluding hydrogens is 373 g/mol. The lowest BCUT2D eigenvalue weighted by molar-refractivity contribution is -0.385. The normalized spacial score (nSPS) is 10.1. The van der Waals surface area contributed by atoms with Crippen LogP contribution in [-0.2, 0) is 11.2 Å². The average molecular weight is 383 g/mol. The molecule has 0 bridgehead atoms. The summed E-state index contributed by atoms with van der Waals surface area (Å²) in [6.45, 7) is 0. The van der Waals surface area contributed by atoms with Crippen molar-refractivity contribution in [2.24, 2.45) is 0 Å². The zero-order chi connectivity index (χ0) is 14.5. The summed E-state index contributed by atoms with van der Waals surface area (Å²) in [5.41, 5.74) is 0.318. The molecule has 102 valence electrons. The largest absolute Gasteiger partial charge is 0.310 e. The first kappa shape index (κ1) is 14.4. The molecule has 0 aliphatic carbocycles. The summed E-state index contributed by atoms with van der Waals surface area (Å²) < 4.78 is 0.958. The molecule has 1 heterocycles. The molecule has 1 N–H and O–H groups in total. The lowest BCUT2D eigenvalue weighted by atomic mass is 10.1. The number of hydrogen-bond donors (Lipinski definition) is 1. The molecule has 20 heavy (non-hydrogen) atoms. The van der Waals surface area contributed by atoms with Crippen molar-refractivity contribution >= 4 is 40.0 Å². The van der Waals surface area contributed by atoms with Crippen molar-refractivity contribution in [1.29, 1.82) is 0 Å². The van der Waals surface area contributed by atoms with Gasteiger partial charge in [-0.3, -0.25) is 14.9 Å². The minimum absolute atomic E-state index is 0.0572. The molecule has 2 aromatic rings. The molecule has 2 rings (SSSR count). The highest BCUT2D eigenvalue weighted by Gasteiger charge is 2.15. The first-order valence-electron chi connectivity index (χ1n) is 5.70. The summed E-state index contributed by atoms with van der Waals surface area (Å²) >= 11 is 2.11. The Morgan fingerprint density at radius 1 is 1.30 bits per heavy atom. The predicted molar refractivity (Wildman–Crippen MR) is 82.4 cm³/mol. The number of hydrogen-bond acceptors (Lipinski definition) is 4. The first-order chi connectivity index (χ1) is 9.56. The van der Waals surface area contributed by atoms with Crippen LogP contribution in [0.5, 0.6) is 0 Å². The lowest BCUT2D eigenvalue weighted by Crippen LogP contribution is -2.16. The molecular formula is C13H10IN3O3. The number of amides is 1. The molecule has 0 unspecified atom stereocenters. The van der Waals surface area contributed by atoms with Gasteiger partial charge in [-0.05, 0) is 34.7 Å². The molecule has 0 aliphatic rings. The Labute approximate surface area is 128 Å². The van der Waals surface area contributed by atoms with Crippen LogP contribution in [0, 0.1) is 13.7 Å². The molecule has 0 radical (unpaired) electrons. The van der Waals surface area contributed by atoms with Gasteiger partial charge in [0.2, 0.25) is 5.91 Å². The molecule has 1 aromatic heterocycles. The number of nitro benzene ring substituents is 1. The number of rotatable bonds is 4. The Morgan fingerprint density at radius 3 is 2.70 bits per heavy atom. The number of nitrogens with one attached hydrogen (secondary N) is 1. The van der Waals surface area contributed by atoms with Gasteiger partial charge in [0.05, 0.1) is 11.3 Å². The number of nitro groups is 1. The summed E-state index contributed by atoms with van der Waals surface area (Å²) in [7, 11) is 0. The molecule has 0 spiro atoms. The average Bonchev–Trinajstić information content (AvgIpc) is 2.41. The third-order valence-electron chi connectivity index (χ3n) is 2.53. The minimum Gasteiger partial charge on any atom is -0.310 e. The SMILES string of the molecule is O=C(Cc1ccccc1[N+](=O)[O-])Nc1ccc(I)cn1. The zero-order valence-corrected chi connectivity index (χ0v) is 12.4. The van der Waals surface area contributed by atoms with Crippen molar-refractivity contribution < 1.29 is 9.72 Å². The quantitative estimate of drug-likeness (QED) is 0.500. The highest BCUT2D eigenvalue weighted by Crippen LogP contribution is 2.18. The number of anilines is 1. The second-order valence-corrected chi connectivity index (χ2v) is 5.22. The van der Waals surface area contributed by atoms with Crippen LogP contribution in [0.4, 0.5) is 11.5 Å². The van der Waals surface area contributed by atoms with Gasteiger partial charge >= 0.3 is 0 Å². The third-order valence-corrected chi connectivity index (χ3v) is 3.17. The number of benzene rings is 1. The summed E-state index contributed by atoms with van der Waals surface area (Å²) in [5, 5.41) is 13.5. The van der Waals surface area contributed by atoms with Crippen molar-refractivity contribution in [2.75, 3.05) is 5.32 Å². The van der Waals surface area contributed by atoms with Crippen LogP contribution in [0.15, 0.2) is 42.6 Å². The molecule has 0 aliphatic heterocycles. The van der Waals surface area contributed by atoms with Crippen LogP contribution in [0.2, 0.25) is 0 Å². The third kappa shape index (κ3) is 3.73. The Hall–Kier alpha value is -2.03. The van der Waals surface area contributed by atoms with E-state index in [1.54, 1.807) is 30.5 Å². The van der Waals surface area contributed by atoms with Crippen LogP contribution >= 0.6 is 22.6 Å². The minimum atomic E-state index is -0.494. The van der Waals surface area contributed by atoms with Crippen LogP contribution in [0.25, 0.3) is 0 Å². The highest BCUT2D eigenvalue weighted by molar-refractivity contribution is 14.1. The Balaban J connectivity index is 2.08. The molecule has 0 saturated heterocycles. The Bertz CT molecular complexity index is 644. The van der Waals surface area contributed by atoms with Gasteiger partial charge in [-0.15, -0.1) is 0 Å². The van der Waals surface area contributed by atoms with E-state index in [9.17, 15) is 14.9 Å². The van der Waals surface area contributed by atoms with Crippen molar-refractivity contribution in [2.45, 2.75) is 6.42 Å². The summed E-state index contributed by atoms with van der Waals surface area (Å²) in [6.07, 6.45) is 1.56. The molecule has 0 atom stereocenters. The van der Waals surface area contributed by atoms with Crippen molar-refractivity contribution in [3.8, 4) is 0 Å². The zero-order valence-electron chi connectivity index (χ0n) is 10.2. The second kappa shape index (κ2) is 6.42. The number of aromatic nitrogens is 1. The molecule has 1 amide bonds. The van der Waals surface area contributed by atoms with Crippen molar-refractivity contribution in [3.63, 3.8) is 0 Å². The standard InChI is InChI=1S/C13H10IN3O3/c14-10-5-6-12(15-8-10)16-13(18)7-9-3-1-2-4-11(9)17(19)20/h1-6,8H,7H2,(H,15,16,18). The maximum absolute atomic E-state index is 11.9. The molecule has 0 fully saturated rings. The number of carbonyl (C=O) groups is 1. The van der Waals surface area contributed by atoms with E-state index in [1.807, 2.05) is 6.07 Å². The topological polar surface area (TPSA) is 85.1 Å². The molecule has 0 saturated carbocycles. The maximum Gasteiger partial charge on any atom is 0.273 e. The van der Waals surface area contributed by atoms with E-state index in [0.29, 0.717) is 11.4 Å². The number of nitrogens with zero attached hydrogens (tertiary/aromatic N) is 2. The van der Waals surface area contributed by atoms with E-state index < -0.39 is 4.92 Å². The van der Waals surface area contributed by atoms with Gasteiger partial charge in [-0.25, -0.2) is 4.98 Å². The molecule has 1 aromatic carbocycles. The van der Waals surface area contributed by atoms with Crippen LogP contribution in [0.1, 0.15) is 5.56 Å². The van der Waals surface area contributed by atoms with Gasteiger partial charge in [0.25, 0.3) is 5.69 Å². The number of para-hydroxylation sites is 1. The monoisotopic (exact) mass is 383 g/mol. The number of pyridine rings is 1. The van der Waals surface area contributed by atoms with Crippen molar-refractivity contribution in [3.05, 3.63) is 61.8 Å². The Kier molecular flexibility index (Phi) is 4.61. The van der Waals surface area contributed by atoms with Gasteiger partial charge in [-0.2, -0.15) is 0 Å². The molecule has 6 nitrogen and oxygen atoms in total. The number of carbonyl (C=O) groups excluding carboxylic acids is 1. The van der Waals surface area contributed by atoms with Gasteiger partial charge in [0, 0.05) is 21.4 Å².